The van der Waals surface area contributed by atoms with Crippen LogP contribution in [0.4, 0.5) is 26.3 Å². The van der Waals surface area contributed by atoms with Crippen LogP contribution in [-0.2, 0) is 6.18 Å². The lowest BCUT2D eigenvalue weighted by atomic mass is 10.2. The number of hydrogen-bond acceptors (Lipinski definition) is 2. The normalized spacial score (nSPS) is 14.4. The molecule has 0 aliphatic rings. The van der Waals surface area contributed by atoms with Crippen LogP contribution >= 0.6 is 0 Å². The number of halogens is 6. The predicted octanol–water partition coefficient (Wildman–Crippen LogP) is 3.74. The van der Waals surface area contributed by atoms with E-state index in [0.29, 0.717) is 13.0 Å². The van der Waals surface area contributed by atoms with Crippen molar-refractivity contribution in [1.82, 2.24) is 4.98 Å². The standard InChI is InChI=1S/C10H9F6NO/c1-5-3-7(10(14,15)16)8(17-4-5)18-6(2)9(11,12)13/h3-4,6H,1-2H3/t6-/m0/s1. The Balaban J connectivity index is 3.10. The Hall–Kier alpha value is -1.47. The first-order valence-corrected chi connectivity index (χ1v) is 4.79. The largest absolute Gasteiger partial charge is 0.465 e. The molecule has 0 N–H and O–H groups in total. The molecular formula is C10H9F6NO. The summed E-state index contributed by atoms with van der Waals surface area (Å²) in [5.74, 6) is -1.07. The van der Waals surface area contributed by atoms with E-state index >= 15 is 0 Å². The van der Waals surface area contributed by atoms with E-state index in [0.717, 1.165) is 6.20 Å². The van der Waals surface area contributed by atoms with E-state index in [-0.39, 0.29) is 5.56 Å². The van der Waals surface area contributed by atoms with Gasteiger partial charge in [0.05, 0.1) is 0 Å². The second kappa shape index (κ2) is 4.66. The van der Waals surface area contributed by atoms with Crippen molar-refractivity contribution in [3.05, 3.63) is 23.4 Å². The molecule has 0 radical (unpaired) electrons. The Morgan fingerprint density at radius 1 is 1.17 bits per heavy atom. The Morgan fingerprint density at radius 2 is 1.72 bits per heavy atom. The number of pyridine rings is 1. The zero-order valence-electron chi connectivity index (χ0n) is 9.36. The zero-order chi connectivity index (χ0) is 14.1. The summed E-state index contributed by atoms with van der Waals surface area (Å²) in [5, 5.41) is 0. The van der Waals surface area contributed by atoms with Crippen LogP contribution in [0, 0.1) is 6.92 Å². The van der Waals surface area contributed by atoms with Crippen LogP contribution in [0.5, 0.6) is 5.88 Å². The molecule has 0 fully saturated rings. The van der Waals surface area contributed by atoms with Gasteiger partial charge in [0.15, 0.2) is 6.10 Å². The molecule has 0 aromatic carbocycles. The molecule has 102 valence electrons. The van der Waals surface area contributed by atoms with Gasteiger partial charge in [0.2, 0.25) is 5.88 Å². The highest BCUT2D eigenvalue weighted by atomic mass is 19.4. The molecule has 1 rings (SSSR count). The third kappa shape index (κ3) is 3.51. The Bertz CT molecular complexity index is 425. The monoisotopic (exact) mass is 273 g/mol. The molecule has 0 aliphatic heterocycles. The Morgan fingerprint density at radius 3 is 2.17 bits per heavy atom. The summed E-state index contributed by atoms with van der Waals surface area (Å²) < 4.78 is 78.6. The van der Waals surface area contributed by atoms with Crippen molar-refractivity contribution in [2.24, 2.45) is 0 Å². The van der Waals surface area contributed by atoms with E-state index in [4.69, 9.17) is 0 Å². The third-order valence-electron chi connectivity index (χ3n) is 2.04. The maximum absolute atomic E-state index is 12.6. The van der Waals surface area contributed by atoms with Gasteiger partial charge in [0, 0.05) is 6.20 Å². The van der Waals surface area contributed by atoms with Crippen molar-refractivity contribution in [3.8, 4) is 5.88 Å². The lowest BCUT2D eigenvalue weighted by molar-refractivity contribution is -0.192. The minimum Gasteiger partial charge on any atom is -0.465 e. The molecule has 1 heterocycles. The highest BCUT2D eigenvalue weighted by Gasteiger charge is 2.41. The van der Waals surface area contributed by atoms with Gasteiger partial charge in [-0.3, -0.25) is 0 Å². The minimum absolute atomic E-state index is 0.175. The fourth-order valence-electron chi connectivity index (χ4n) is 1.09. The van der Waals surface area contributed by atoms with E-state index in [1.165, 1.54) is 6.92 Å². The number of nitrogens with zero attached hydrogens (tertiary/aromatic N) is 1. The first-order valence-electron chi connectivity index (χ1n) is 4.79. The molecular weight excluding hydrogens is 264 g/mol. The molecule has 18 heavy (non-hydrogen) atoms. The molecule has 0 saturated carbocycles. The number of hydrogen-bond donors (Lipinski definition) is 0. The summed E-state index contributed by atoms with van der Waals surface area (Å²) in [5.41, 5.74) is -1.15. The van der Waals surface area contributed by atoms with Crippen molar-refractivity contribution < 1.29 is 31.1 Å². The van der Waals surface area contributed by atoms with Crippen LogP contribution < -0.4 is 4.74 Å². The average molecular weight is 273 g/mol. The number of ether oxygens (including phenoxy) is 1. The molecule has 8 heteroatoms. The lowest BCUT2D eigenvalue weighted by Crippen LogP contribution is -2.32. The molecule has 1 aromatic rings. The Labute approximate surface area is 98.6 Å². The quantitative estimate of drug-likeness (QED) is 0.766. The lowest BCUT2D eigenvalue weighted by Gasteiger charge is -2.19. The number of rotatable bonds is 2. The van der Waals surface area contributed by atoms with Crippen LogP contribution in [0.25, 0.3) is 0 Å². The van der Waals surface area contributed by atoms with Crippen molar-refractivity contribution in [2.75, 3.05) is 0 Å². The van der Waals surface area contributed by atoms with E-state index in [1.807, 2.05) is 0 Å². The fourth-order valence-corrected chi connectivity index (χ4v) is 1.09. The number of alkyl halides is 6. The van der Waals surface area contributed by atoms with E-state index < -0.39 is 29.9 Å². The molecule has 0 unspecified atom stereocenters. The van der Waals surface area contributed by atoms with Gasteiger partial charge in [-0.1, -0.05) is 0 Å². The van der Waals surface area contributed by atoms with Crippen molar-refractivity contribution in [1.29, 1.82) is 0 Å². The predicted molar refractivity (Wildman–Crippen MR) is 50.1 cm³/mol. The van der Waals surface area contributed by atoms with Crippen LogP contribution in [0.3, 0.4) is 0 Å². The highest BCUT2D eigenvalue weighted by Crippen LogP contribution is 2.36. The maximum atomic E-state index is 12.6. The van der Waals surface area contributed by atoms with Gasteiger partial charge in [-0.2, -0.15) is 26.3 Å². The first-order chi connectivity index (χ1) is 8.01. The highest BCUT2D eigenvalue weighted by molar-refractivity contribution is 5.32. The van der Waals surface area contributed by atoms with Gasteiger partial charge >= 0.3 is 12.4 Å². The first kappa shape index (κ1) is 14.6. The summed E-state index contributed by atoms with van der Waals surface area (Å²) in [6, 6.07) is 0.686. The molecule has 0 aliphatic carbocycles. The number of aryl methyl sites for hydroxylation is 1. The second-order valence-electron chi connectivity index (χ2n) is 3.66. The van der Waals surface area contributed by atoms with Crippen molar-refractivity contribution in [2.45, 2.75) is 32.3 Å². The van der Waals surface area contributed by atoms with Gasteiger partial charge in [-0.25, -0.2) is 4.98 Å². The SMILES string of the molecule is Cc1cnc(O[C@@H](C)C(F)(F)F)c(C(F)(F)F)c1. The Kier molecular flexibility index (Phi) is 3.78. The maximum Gasteiger partial charge on any atom is 0.425 e. The minimum atomic E-state index is -4.82. The van der Waals surface area contributed by atoms with Crippen LogP contribution in [0.1, 0.15) is 18.1 Å². The van der Waals surface area contributed by atoms with Crippen LogP contribution in [0.2, 0.25) is 0 Å². The van der Waals surface area contributed by atoms with Gasteiger partial charge < -0.3 is 4.74 Å². The zero-order valence-corrected chi connectivity index (χ0v) is 9.36. The average Bonchev–Trinajstić information content (AvgIpc) is 2.17. The summed E-state index contributed by atoms with van der Waals surface area (Å²) in [6.07, 6.45) is -10.9. The smallest absolute Gasteiger partial charge is 0.425 e. The summed E-state index contributed by atoms with van der Waals surface area (Å²) in [7, 11) is 0. The molecule has 0 amide bonds. The molecule has 1 aromatic heterocycles. The summed E-state index contributed by atoms with van der Waals surface area (Å²) in [4.78, 5) is 3.26. The third-order valence-corrected chi connectivity index (χ3v) is 2.04. The molecule has 0 bridgehead atoms. The molecule has 0 spiro atoms. The molecule has 1 atom stereocenters. The van der Waals surface area contributed by atoms with Gasteiger partial charge in [-0.05, 0) is 25.5 Å². The van der Waals surface area contributed by atoms with Crippen LogP contribution in [-0.4, -0.2) is 17.3 Å². The van der Waals surface area contributed by atoms with E-state index in [1.54, 1.807) is 0 Å². The fraction of sp³-hybridized carbons (Fsp3) is 0.500. The molecule has 2 nitrogen and oxygen atoms in total. The van der Waals surface area contributed by atoms with Gasteiger partial charge in [0.25, 0.3) is 0 Å². The number of aromatic nitrogens is 1. The topological polar surface area (TPSA) is 22.1 Å². The summed E-state index contributed by atoms with van der Waals surface area (Å²) >= 11 is 0. The van der Waals surface area contributed by atoms with Gasteiger partial charge in [-0.15, -0.1) is 0 Å². The van der Waals surface area contributed by atoms with Crippen LogP contribution in [0.15, 0.2) is 12.3 Å². The summed E-state index contributed by atoms with van der Waals surface area (Å²) in [6.45, 7) is 1.96. The van der Waals surface area contributed by atoms with E-state index in [9.17, 15) is 26.3 Å². The van der Waals surface area contributed by atoms with Crippen molar-refractivity contribution >= 4 is 0 Å². The molecule has 0 saturated heterocycles. The van der Waals surface area contributed by atoms with Gasteiger partial charge in [0.1, 0.15) is 5.56 Å². The van der Waals surface area contributed by atoms with Crippen molar-refractivity contribution in [3.63, 3.8) is 0 Å². The second-order valence-corrected chi connectivity index (χ2v) is 3.66. The van der Waals surface area contributed by atoms with E-state index in [2.05, 4.69) is 9.72 Å².